The molecule has 0 saturated carbocycles. The third-order valence-corrected chi connectivity index (χ3v) is 1.88. The van der Waals surface area contributed by atoms with Gasteiger partial charge in [-0.25, -0.2) is 4.98 Å². The van der Waals surface area contributed by atoms with Gasteiger partial charge in [0.05, 0.1) is 6.33 Å². The summed E-state index contributed by atoms with van der Waals surface area (Å²) < 4.78 is 2.00. The molecule has 0 aliphatic rings. The van der Waals surface area contributed by atoms with Crippen LogP contribution in [0.3, 0.4) is 0 Å². The van der Waals surface area contributed by atoms with Crippen LogP contribution in [-0.2, 0) is 6.54 Å². The second-order valence-electron chi connectivity index (χ2n) is 2.93. The zero-order valence-corrected chi connectivity index (χ0v) is 8.67. The molecule has 0 saturated heterocycles. The molecule has 0 fully saturated rings. The van der Waals surface area contributed by atoms with E-state index in [0.29, 0.717) is 5.84 Å². The van der Waals surface area contributed by atoms with E-state index in [9.17, 15) is 0 Å². The Kier molecular flexibility index (Phi) is 4.93. The minimum Gasteiger partial charge on any atom is -0.411 e. The van der Waals surface area contributed by atoms with Gasteiger partial charge in [0.15, 0.2) is 0 Å². The number of rotatable bonds is 5. The molecule has 2 N–H and O–H groups in total. The maximum Gasteiger partial charge on any atom is 0.142 e. The molecule has 1 heterocycles. The fourth-order valence-corrected chi connectivity index (χ4v) is 1.13. The molecule has 0 radical (unpaired) electrons. The minimum atomic E-state index is 0.572. The number of amidine groups is 1. The van der Waals surface area contributed by atoms with Crippen molar-refractivity contribution in [2.45, 2.75) is 13.0 Å². The molecule has 0 aliphatic heterocycles. The highest BCUT2D eigenvalue weighted by Gasteiger charge is 1.93. The molecule has 1 aromatic rings. The standard InChI is InChI=1S/C9H15N5O/c1-10-9(7-13-15)12-3-2-5-14-6-4-11-8-14/h4,6-8,15H,2-3,5H2,1H3,(H,10,12). The van der Waals surface area contributed by atoms with Crippen LogP contribution in [-0.4, -0.2) is 40.4 Å². The van der Waals surface area contributed by atoms with Crippen LogP contribution in [0.1, 0.15) is 6.42 Å². The molecule has 15 heavy (non-hydrogen) atoms. The number of aliphatic imine (C=N–C) groups is 1. The van der Waals surface area contributed by atoms with E-state index < -0.39 is 0 Å². The van der Waals surface area contributed by atoms with Gasteiger partial charge < -0.3 is 15.1 Å². The van der Waals surface area contributed by atoms with Crippen molar-refractivity contribution in [3.05, 3.63) is 18.7 Å². The van der Waals surface area contributed by atoms with Gasteiger partial charge in [0, 0.05) is 32.5 Å². The van der Waals surface area contributed by atoms with Gasteiger partial charge in [-0.1, -0.05) is 5.16 Å². The smallest absolute Gasteiger partial charge is 0.142 e. The van der Waals surface area contributed by atoms with E-state index in [1.165, 1.54) is 6.21 Å². The molecule has 82 valence electrons. The Bertz CT molecular complexity index is 317. The predicted octanol–water partition coefficient (Wildman–Crippen LogP) is 0.351. The summed E-state index contributed by atoms with van der Waals surface area (Å²) in [5.41, 5.74) is 0. The van der Waals surface area contributed by atoms with E-state index in [2.05, 4.69) is 20.4 Å². The van der Waals surface area contributed by atoms with E-state index in [0.717, 1.165) is 19.5 Å². The summed E-state index contributed by atoms with van der Waals surface area (Å²) in [6.45, 7) is 1.68. The molecule has 6 nitrogen and oxygen atoms in total. The van der Waals surface area contributed by atoms with Gasteiger partial charge in [-0.3, -0.25) is 4.99 Å². The zero-order chi connectivity index (χ0) is 10.9. The molecule has 1 rings (SSSR count). The van der Waals surface area contributed by atoms with Crippen molar-refractivity contribution < 1.29 is 5.21 Å². The molecule has 0 amide bonds. The molecular weight excluding hydrogens is 194 g/mol. The van der Waals surface area contributed by atoms with Crippen LogP contribution in [0.15, 0.2) is 28.9 Å². The molecule has 6 heteroatoms. The predicted molar refractivity (Wildman–Crippen MR) is 58.5 cm³/mol. The third-order valence-electron chi connectivity index (χ3n) is 1.88. The van der Waals surface area contributed by atoms with E-state index in [4.69, 9.17) is 5.21 Å². The van der Waals surface area contributed by atoms with Gasteiger partial charge >= 0.3 is 0 Å². The second-order valence-corrected chi connectivity index (χ2v) is 2.93. The van der Waals surface area contributed by atoms with Gasteiger partial charge in [-0.2, -0.15) is 0 Å². The van der Waals surface area contributed by atoms with Crippen molar-refractivity contribution in [3.63, 3.8) is 0 Å². The summed E-state index contributed by atoms with van der Waals surface area (Å²) in [5, 5.41) is 14.3. The van der Waals surface area contributed by atoms with Crippen LogP contribution in [0.2, 0.25) is 0 Å². The van der Waals surface area contributed by atoms with Crippen LogP contribution < -0.4 is 5.32 Å². The summed E-state index contributed by atoms with van der Waals surface area (Å²) >= 11 is 0. The van der Waals surface area contributed by atoms with Crippen molar-refractivity contribution >= 4 is 12.1 Å². The quantitative estimate of drug-likeness (QED) is 0.241. The fourth-order valence-electron chi connectivity index (χ4n) is 1.13. The van der Waals surface area contributed by atoms with Crippen molar-refractivity contribution in [3.8, 4) is 0 Å². The maximum atomic E-state index is 8.31. The number of nitrogens with zero attached hydrogens (tertiary/aromatic N) is 4. The Morgan fingerprint density at radius 3 is 3.13 bits per heavy atom. The Hall–Kier alpha value is -1.85. The lowest BCUT2D eigenvalue weighted by molar-refractivity contribution is 0.322. The van der Waals surface area contributed by atoms with Crippen LogP contribution in [0.5, 0.6) is 0 Å². The third kappa shape index (κ3) is 4.26. The minimum absolute atomic E-state index is 0.572. The Balaban J connectivity index is 2.16. The topological polar surface area (TPSA) is 74.8 Å². The number of aryl methyl sites for hydroxylation is 1. The van der Waals surface area contributed by atoms with Crippen molar-refractivity contribution in [2.24, 2.45) is 10.1 Å². The maximum absolute atomic E-state index is 8.31. The van der Waals surface area contributed by atoms with Gasteiger partial charge in [0.1, 0.15) is 12.1 Å². The number of hydrogen-bond acceptors (Lipinski definition) is 4. The molecular formula is C9H15N5O. The Morgan fingerprint density at radius 2 is 2.53 bits per heavy atom. The monoisotopic (exact) mass is 209 g/mol. The largest absolute Gasteiger partial charge is 0.411 e. The highest BCUT2D eigenvalue weighted by atomic mass is 16.4. The lowest BCUT2D eigenvalue weighted by atomic mass is 10.4. The zero-order valence-electron chi connectivity index (χ0n) is 8.67. The molecule has 0 bridgehead atoms. The summed E-state index contributed by atoms with van der Waals surface area (Å²) in [6.07, 6.45) is 7.69. The Labute approximate surface area is 88.3 Å². The van der Waals surface area contributed by atoms with E-state index in [1.807, 2.05) is 10.8 Å². The van der Waals surface area contributed by atoms with Gasteiger partial charge in [0.25, 0.3) is 0 Å². The number of hydrogen-bond donors (Lipinski definition) is 2. The first-order chi connectivity index (χ1) is 7.36. The summed E-state index contributed by atoms with van der Waals surface area (Å²) in [4.78, 5) is 7.84. The molecule has 0 unspecified atom stereocenters. The summed E-state index contributed by atoms with van der Waals surface area (Å²) in [7, 11) is 1.64. The Morgan fingerprint density at radius 1 is 1.67 bits per heavy atom. The first-order valence-electron chi connectivity index (χ1n) is 4.70. The lowest BCUT2D eigenvalue weighted by Crippen LogP contribution is -2.26. The van der Waals surface area contributed by atoms with E-state index in [-0.39, 0.29) is 0 Å². The average molecular weight is 209 g/mol. The molecule has 0 aliphatic carbocycles. The number of nitrogens with one attached hydrogen (secondary N) is 1. The van der Waals surface area contributed by atoms with Gasteiger partial charge in [-0.15, -0.1) is 0 Å². The highest BCUT2D eigenvalue weighted by molar-refractivity contribution is 6.29. The van der Waals surface area contributed by atoms with E-state index >= 15 is 0 Å². The first kappa shape index (κ1) is 11.2. The lowest BCUT2D eigenvalue weighted by Gasteiger charge is -2.05. The van der Waals surface area contributed by atoms with Gasteiger partial charge in [0.2, 0.25) is 0 Å². The summed E-state index contributed by atoms with van der Waals surface area (Å²) in [6, 6.07) is 0. The number of aromatic nitrogens is 2. The average Bonchev–Trinajstić information content (AvgIpc) is 2.75. The van der Waals surface area contributed by atoms with Crippen molar-refractivity contribution in [1.82, 2.24) is 14.9 Å². The molecule has 0 atom stereocenters. The van der Waals surface area contributed by atoms with Crippen molar-refractivity contribution in [2.75, 3.05) is 13.6 Å². The van der Waals surface area contributed by atoms with Crippen LogP contribution in [0.25, 0.3) is 0 Å². The first-order valence-corrected chi connectivity index (χ1v) is 4.70. The van der Waals surface area contributed by atoms with Crippen LogP contribution in [0, 0.1) is 0 Å². The summed E-state index contributed by atoms with van der Waals surface area (Å²) in [5.74, 6) is 0.572. The fraction of sp³-hybridized carbons (Fsp3) is 0.444. The number of imidazole rings is 1. The molecule has 1 aromatic heterocycles. The van der Waals surface area contributed by atoms with Crippen LogP contribution in [0.4, 0.5) is 0 Å². The van der Waals surface area contributed by atoms with Crippen molar-refractivity contribution in [1.29, 1.82) is 0 Å². The number of oxime groups is 1. The molecule has 0 aromatic carbocycles. The molecule has 0 spiro atoms. The van der Waals surface area contributed by atoms with Crippen LogP contribution >= 0.6 is 0 Å². The SMILES string of the molecule is CN=C(C=NO)NCCCn1ccnc1. The van der Waals surface area contributed by atoms with Gasteiger partial charge in [-0.05, 0) is 6.42 Å². The second kappa shape index (κ2) is 6.58. The van der Waals surface area contributed by atoms with E-state index in [1.54, 1.807) is 19.6 Å². The normalized spacial score (nSPS) is 12.2. The highest BCUT2D eigenvalue weighted by Crippen LogP contribution is 1.88.